The summed E-state index contributed by atoms with van der Waals surface area (Å²) in [7, 11) is 0. The van der Waals surface area contributed by atoms with E-state index in [4.69, 9.17) is 10.5 Å². The highest BCUT2D eigenvalue weighted by molar-refractivity contribution is 5.82. The Hall–Kier alpha value is -1.98. The molecule has 1 aromatic carbocycles. The third kappa shape index (κ3) is 3.31. The third-order valence-corrected chi connectivity index (χ3v) is 3.29. The zero-order chi connectivity index (χ0) is 14.5. The predicted molar refractivity (Wildman–Crippen MR) is 76.3 cm³/mol. The monoisotopic (exact) mass is 281 g/mol. The highest BCUT2D eigenvalue weighted by Crippen LogP contribution is 2.28. The molecule has 0 spiro atoms. The summed E-state index contributed by atoms with van der Waals surface area (Å²) in [4.78, 5) is 13.7. The molecule has 5 nitrogen and oxygen atoms in total. The van der Waals surface area contributed by atoms with Gasteiger partial charge in [0.25, 0.3) is 0 Å². The molecule has 20 heavy (non-hydrogen) atoms. The number of benzene rings is 1. The minimum Gasteiger partial charge on any atom is -0.491 e. The van der Waals surface area contributed by atoms with E-state index in [1.807, 2.05) is 4.90 Å². The van der Waals surface area contributed by atoms with E-state index in [1.54, 1.807) is 6.92 Å². The Labute approximate surface area is 117 Å². The van der Waals surface area contributed by atoms with E-state index in [9.17, 15) is 9.18 Å². The number of hydrogen-bond donors (Lipinski definition) is 2. The maximum atomic E-state index is 13.6. The molecule has 0 aliphatic carbocycles. The van der Waals surface area contributed by atoms with Crippen LogP contribution in [0.5, 0.6) is 5.75 Å². The summed E-state index contributed by atoms with van der Waals surface area (Å²) in [5, 5.41) is 2.95. The number of nitrogens with zero attached hydrogens (tertiary/aromatic N) is 1. The van der Waals surface area contributed by atoms with E-state index in [-0.39, 0.29) is 23.9 Å². The molecule has 2 rings (SSSR count). The molecule has 6 heteroatoms. The van der Waals surface area contributed by atoms with Gasteiger partial charge in [0.1, 0.15) is 0 Å². The van der Waals surface area contributed by atoms with Crippen molar-refractivity contribution >= 4 is 17.3 Å². The normalized spacial score (nSPS) is 14.4. The quantitative estimate of drug-likeness (QED) is 0.808. The van der Waals surface area contributed by atoms with Gasteiger partial charge < -0.3 is 20.7 Å². The second-order valence-corrected chi connectivity index (χ2v) is 4.74. The van der Waals surface area contributed by atoms with Gasteiger partial charge in [-0.3, -0.25) is 4.79 Å². The largest absolute Gasteiger partial charge is 0.491 e. The number of nitrogens with one attached hydrogen (secondary N) is 1. The zero-order valence-electron chi connectivity index (χ0n) is 11.6. The second-order valence-electron chi connectivity index (χ2n) is 4.74. The van der Waals surface area contributed by atoms with Crippen LogP contribution in [-0.2, 0) is 4.79 Å². The summed E-state index contributed by atoms with van der Waals surface area (Å²) < 4.78 is 18.7. The van der Waals surface area contributed by atoms with E-state index in [0.29, 0.717) is 12.3 Å². The van der Waals surface area contributed by atoms with Crippen molar-refractivity contribution in [3.05, 3.63) is 17.9 Å². The summed E-state index contributed by atoms with van der Waals surface area (Å²) in [5.74, 6) is -0.331. The number of amides is 1. The van der Waals surface area contributed by atoms with Crippen molar-refractivity contribution in [3.8, 4) is 5.75 Å². The first kappa shape index (κ1) is 14.4. The Morgan fingerprint density at radius 2 is 2.15 bits per heavy atom. The maximum Gasteiger partial charge on any atom is 0.241 e. The Morgan fingerprint density at radius 1 is 1.45 bits per heavy atom. The van der Waals surface area contributed by atoms with Crippen molar-refractivity contribution in [2.75, 3.05) is 37.3 Å². The number of halogens is 1. The number of anilines is 2. The number of likely N-dealkylation sites (tertiary alicyclic amines) is 1. The zero-order valence-corrected chi connectivity index (χ0v) is 11.6. The number of rotatable bonds is 5. The van der Waals surface area contributed by atoms with Crippen LogP contribution in [0, 0.1) is 5.82 Å². The lowest BCUT2D eigenvalue weighted by atomic mass is 10.2. The van der Waals surface area contributed by atoms with E-state index < -0.39 is 5.82 Å². The van der Waals surface area contributed by atoms with Crippen LogP contribution in [0.25, 0.3) is 0 Å². The number of carbonyl (C=O) groups is 1. The van der Waals surface area contributed by atoms with E-state index in [1.165, 1.54) is 12.1 Å². The molecule has 0 saturated carbocycles. The Morgan fingerprint density at radius 3 is 2.80 bits per heavy atom. The molecular weight excluding hydrogens is 261 g/mol. The van der Waals surface area contributed by atoms with Gasteiger partial charge in [0.2, 0.25) is 5.91 Å². The Bertz CT molecular complexity index is 488. The fourth-order valence-electron chi connectivity index (χ4n) is 2.24. The molecule has 1 amide bonds. The van der Waals surface area contributed by atoms with Gasteiger partial charge in [0, 0.05) is 25.2 Å². The van der Waals surface area contributed by atoms with Crippen molar-refractivity contribution < 1.29 is 13.9 Å². The molecule has 0 aromatic heterocycles. The van der Waals surface area contributed by atoms with Gasteiger partial charge in [-0.25, -0.2) is 4.39 Å². The molecule has 0 bridgehead atoms. The van der Waals surface area contributed by atoms with Gasteiger partial charge in [-0.2, -0.15) is 0 Å². The minimum absolute atomic E-state index is 0.0317. The second kappa shape index (κ2) is 6.45. The van der Waals surface area contributed by atoms with Gasteiger partial charge in [0.05, 0.1) is 24.5 Å². The molecule has 1 heterocycles. The summed E-state index contributed by atoms with van der Waals surface area (Å²) in [6.07, 6.45) is 2.11. The first-order valence-electron chi connectivity index (χ1n) is 6.85. The van der Waals surface area contributed by atoms with Gasteiger partial charge in [0.15, 0.2) is 11.6 Å². The standard InChI is InChI=1S/C14H20FN3O2/c1-2-20-13-8-12(11(16)7-10(13)15)17-9-14(19)18-5-3-4-6-18/h7-8,17H,2-6,9,16H2,1H3. The average Bonchev–Trinajstić information content (AvgIpc) is 2.94. The number of nitrogen functional groups attached to an aromatic ring is 1. The lowest BCUT2D eigenvalue weighted by Gasteiger charge is -2.17. The maximum absolute atomic E-state index is 13.6. The molecule has 3 N–H and O–H groups in total. The molecular formula is C14H20FN3O2. The molecule has 0 radical (unpaired) electrons. The van der Waals surface area contributed by atoms with Crippen LogP contribution in [-0.4, -0.2) is 37.0 Å². The van der Waals surface area contributed by atoms with Gasteiger partial charge >= 0.3 is 0 Å². The SMILES string of the molecule is CCOc1cc(NCC(=O)N2CCCC2)c(N)cc1F. The Balaban J connectivity index is 2.01. The van der Waals surface area contributed by atoms with Gasteiger partial charge in [-0.05, 0) is 19.8 Å². The molecule has 0 unspecified atom stereocenters. The smallest absolute Gasteiger partial charge is 0.241 e. The highest BCUT2D eigenvalue weighted by Gasteiger charge is 2.18. The fourth-order valence-corrected chi connectivity index (χ4v) is 2.24. The summed E-state index contributed by atoms with van der Waals surface area (Å²) in [6, 6.07) is 2.69. The van der Waals surface area contributed by atoms with E-state index in [0.717, 1.165) is 25.9 Å². The van der Waals surface area contributed by atoms with Crippen LogP contribution >= 0.6 is 0 Å². The van der Waals surface area contributed by atoms with Crippen LogP contribution in [0.4, 0.5) is 15.8 Å². The molecule has 1 fully saturated rings. The number of hydrogen-bond acceptors (Lipinski definition) is 4. The van der Waals surface area contributed by atoms with Gasteiger partial charge in [-0.1, -0.05) is 0 Å². The van der Waals surface area contributed by atoms with Crippen LogP contribution in [0.2, 0.25) is 0 Å². The number of ether oxygens (including phenoxy) is 1. The van der Waals surface area contributed by atoms with Crippen molar-refractivity contribution in [1.82, 2.24) is 4.90 Å². The molecule has 0 atom stereocenters. The Kier molecular flexibility index (Phi) is 4.65. The van der Waals surface area contributed by atoms with Crippen LogP contribution in [0.3, 0.4) is 0 Å². The van der Waals surface area contributed by atoms with Crippen molar-refractivity contribution in [2.24, 2.45) is 0 Å². The summed E-state index contributed by atoms with van der Waals surface area (Å²) >= 11 is 0. The summed E-state index contributed by atoms with van der Waals surface area (Å²) in [6.45, 7) is 3.92. The average molecular weight is 281 g/mol. The van der Waals surface area contributed by atoms with E-state index in [2.05, 4.69) is 5.32 Å². The molecule has 1 saturated heterocycles. The number of nitrogens with two attached hydrogens (primary N) is 1. The van der Waals surface area contributed by atoms with Crippen LogP contribution in [0.1, 0.15) is 19.8 Å². The minimum atomic E-state index is -0.499. The first-order valence-corrected chi connectivity index (χ1v) is 6.85. The highest BCUT2D eigenvalue weighted by atomic mass is 19.1. The lowest BCUT2D eigenvalue weighted by molar-refractivity contribution is -0.128. The predicted octanol–water partition coefficient (Wildman–Crippen LogP) is 1.84. The van der Waals surface area contributed by atoms with Crippen LogP contribution in [0.15, 0.2) is 12.1 Å². The van der Waals surface area contributed by atoms with Crippen molar-refractivity contribution in [1.29, 1.82) is 0 Å². The molecule has 110 valence electrons. The molecule has 1 aliphatic rings. The van der Waals surface area contributed by atoms with Crippen molar-refractivity contribution in [2.45, 2.75) is 19.8 Å². The summed E-state index contributed by atoms with van der Waals surface area (Å²) in [5.41, 5.74) is 6.52. The lowest BCUT2D eigenvalue weighted by Crippen LogP contribution is -2.33. The third-order valence-electron chi connectivity index (χ3n) is 3.29. The topological polar surface area (TPSA) is 67.6 Å². The first-order chi connectivity index (χ1) is 9.61. The molecule has 1 aromatic rings. The van der Waals surface area contributed by atoms with E-state index >= 15 is 0 Å². The number of carbonyl (C=O) groups excluding carboxylic acids is 1. The van der Waals surface area contributed by atoms with Crippen LogP contribution < -0.4 is 15.8 Å². The van der Waals surface area contributed by atoms with Gasteiger partial charge in [-0.15, -0.1) is 0 Å². The van der Waals surface area contributed by atoms with Crippen molar-refractivity contribution in [3.63, 3.8) is 0 Å². The molecule has 1 aliphatic heterocycles. The fraction of sp³-hybridized carbons (Fsp3) is 0.500.